The molecule has 2 rings (SSSR count). The summed E-state index contributed by atoms with van der Waals surface area (Å²) in [6, 6.07) is 5.29. The number of carbonyl (C=O) groups is 3. The predicted molar refractivity (Wildman–Crippen MR) is 80.5 cm³/mol. The van der Waals surface area contributed by atoms with Gasteiger partial charge in [-0.2, -0.15) is 0 Å². The predicted octanol–water partition coefficient (Wildman–Crippen LogP) is 0.260. The molecule has 1 aromatic rings. The van der Waals surface area contributed by atoms with Gasteiger partial charge in [-0.1, -0.05) is 18.7 Å². The minimum Gasteiger partial charge on any atom is -0.326 e. The van der Waals surface area contributed by atoms with Crippen LogP contribution in [0.4, 0.5) is 10.5 Å². The maximum absolute atomic E-state index is 12.1. The van der Waals surface area contributed by atoms with Crippen molar-refractivity contribution in [3.8, 4) is 0 Å². The second-order valence-electron chi connectivity index (χ2n) is 4.66. The number of imide groups is 1. The van der Waals surface area contributed by atoms with Crippen LogP contribution in [-0.4, -0.2) is 30.7 Å². The van der Waals surface area contributed by atoms with Crippen molar-refractivity contribution in [2.45, 2.75) is 17.1 Å². The molecular formula is C12H13N3O5S2. The summed E-state index contributed by atoms with van der Waals surface area (Å²) >= 11 is 0.770. The van der Waals surface area contributed by atoms with E-state index in [2.05, 4.69) is 10.6 Å². The molecule has 0 saturated carbocycles. The van der Waals surface area contributed by atoms with E-state index in [9.17, 15) is 22.8 Å². The molecule has 0 aromatic heterocycles. The Morgan fingerprint density at radius 2 is 1.91 bits per heavy atom. The van der Waals surface area contributed by atoms with Crippen LogP contribution in [-0.2, 0) is 19.6 Å². The summed E-state index contributed by atoms with van der Waals surface area (Å²) in [5, 5.41) is 8.38. The van der Waals surface area contributed by atoms with E-state index in [0.717, 1.165) is 11.8 Å². The number of primary sulfonamides is 1. The highest BCUT2D eigenvalue weighted by Crippen LogP contribution is 2.27. The third-order valence-corrected chi connectivity index (χ3v) is 5.16. The first-order chi connectivity index (χ1) is 10.2. The Hall–Kier alpha value is -1.91. The summed E-state index contributed by atoms with van der Waals surface area (Å²) < 4.78 is 22.3. The molecule has 8 nitrogen and oxygen atoms in total. The second kappa shape index (κ2) is 6.07. The van der Waals surface area contributed by atoms with Crippen molar-refractivity contribution in [1.29, 1.82) is 0 Å². The van der Waals surface area contributed by atoms with Crippen LogP contribution in [0.15, 0.2) is 29.2 Å². The number of rotatable bonds is 4. The zero-order valence-electron chi connectivity index (χ0n) is 11.4. The Bertz CT molecular complexity index is 730. The van der Waals surface area contributed by atoms with Crippen LogP contribution in [0.3, 0.4) is 0 Å². The molecule has 1 aromatic carbocycles. The maximum atomic E-state index is 12.1. The summed E-state index contributed by atoms with van der Waals surface area (Å²) in [5.74, 6) is -1.68. The largest absolute Gasteiger partial charge is 0.326 e. The molecule has 0 radical (unpaired) electrons. The fourth-order valence-electron chi connectivity index (χ4n) is 1.82. The number of benzene rings is 1. The van der Waals surface area contributed by atoms with Crippen LogP contribution < -0.4 is 15.8 Å². The Balaban J connectivity index is 2.05. The Morgan fingerprint density at radius 1 is 1.32 bits per heavy atom. The van der Waals surface area contributed by atoms with E-state index in [4.69, 9.17) is 5.14 Å². The summed E-state index contributed by atoms with van der Waals surface area (Å²) in [4.78, 5) is 34.6. The molecule has 118 valence electrons. The van der Waals surface area contributed by atoms with Gasteiger partial charge in [0, 0.05) is 5.69 Å². The fraction of sp³-hybridized carbons (Fsp3) is 0.250. The molecular weight excluding hydrogens is 330 g/mol. The quantitative estimate of drug-likeness (QED) is 0.717. The van der Waals surface area contributed by atoms with Gasteiger partial charge in [0.1, 0.15) is 5.25 Å². The van der Waals surface area contributed by atoms with Crippen LogP contribution in [0.5, 0.6) is 0 Å². The number of hydrogen-bond acceptors (Lipinski definition) is 6. The third-order valence-electron chi connectivity index (χ3n) is 3.04. The van der Waals surface area contributed by atoms with Crippen molar-refractivity contribution >= 4 is 44.5 Å². The minimum absolute atomic E-state index is 0.0742. The number of nitrogens with two attached hydrogens (primary N) is 1. The topological polar surface area (TPSA) is 135 Å². The van der Waals surface area contributed by atoms with Gasteiger partial charge in [-0.05, 0) is 24.3 Å². The van der Waals surface area contributed by atoms with E-state index in [1.165, 1.54) is 31.2 Å². The standard InChI is InChI=1S/C12H13N3O5S2/c1-6(9-11(17)15-12(18)21-9)10(16)14-7-2-4-8(5-3-7)22(13,19)20/h2-6,9H,1H3,(H,14,16)(H2,13,19,20)(H,15,17,18)/t6-,9-/m0/s1. The molecule has 0 aliphatic carbocycles. The molecule has 0 unspecified atom stereocenters. The normalized spacial score (nSPS) is 19.6. The lowest BCUT2D eigenvalue weighted by molar-refractivity contribution is -0.125. The Kier molecular flexibility index (Phi) is 4.54. The Morgan fingerprint density at radius 3 is 2.36 bits per heavy atom. The number of carbonyl (C=O) groups excluding carboxylic acids is 3. The number of nitrogens with one attached hydrogen (secondary N) is 2. The van der Waals surface area contributed by atoms with Gasteiger partial charge in [0.25, 0.3) is 5.24 Å². The van der Waals surface area contributed by atoms with Crippen LogP contribution in [0.25, 0.3) is 0 Å². The average Bonchev–Trinajstić information content (AvgIpc) is 2.76. The molecule has 1 aliphatic rings. The van der Waals surface area contributed by atoms with Crippen LogP contribution in [0.1, 0.15) is 6.92 Å². The van der Waals surface area contributed by atoms with E-state index < -0.39 is 38.2 Å². The summed E-state index contributed by atoms with van der Waals surface area (Å²) in [6.07, 6.45) is 0. The lowest BCUT2D eigenvalue weighted by atomic mass is 10.1. The van der Waals surface area contributed by atoms with E-state index in [1.807, 2.05) is 0 Å². The van der Waals surface area contributed by atoms with Crippen molar-refractivity contribution in [3.63, 3.8) is 0 Å². The molecule has 3 amide bonds. The molecule has 0 bridgehead atoms. The highest BCUT2D eigenvalue weighted by Gasteiger charge is 2.38. The third kappa shape index (κ3) is 3.64. The molecule has 1 heterocycles. The number of amides is 3. The molecule has 0 spiro atoms. The van der Waals surface area contributed by atoms with Crippen LogP contribution in [0, 0.1) is 5.92 Å². The van der Waals surface area contributed by atoms with Gasteiger partial charge < -0.3 is 5.32 Å². The molecule has 1 fully saturated rings. The van der Waals surface area contributed by atoms with Gasteiger partial charge in [-0.3, -0.25) is 19.7 Å². The smallest absolute Gasteiger partial charge is 0.286 e. The zero-order valence-corrected chi connectivity index (χ0v) is 13.0. The first kappa shape index (κ1) is 16.5. The van der Waals surface area contributed by atoms with Gasteiger partial charge in [0.05, 0.1) is 10.8 Å². The lowest BCUT2D eigenvalue weighted by Gasteiger charge is -2.15. The van der Waals surface area contributed by atoms with Gasteiger partial charge in [0.2, 0.25) is 21.8 Å². The van der Waals surface area contributed by atoms with Gasteiger partial charge in [-0.15, -0.1) is 0 Å². The van der Waals surface area contributed by atoms with E-state index >= 15 is 0 Å². The highest BCUT2D eigenvalue weighted by molar-refractivity contribution is 8.15. The van der Waals surface area contributed by atoms with Gasteiger partial charge in [-0.25, -0.2) is 13.6 Å². The van der Waals surface area contributed by atoms with Crippen molar-refractivity contribution < 1.29 is 22.8 Å². The highest BCUT2D eigenvalue weighted by atomic mass is 32.2. The SMILES string of the molecule is C[C@H](C(=O)Nc1ccc(S(N)(=O)=O)cc1)[C@@H]1SC(=O)NC1=O. The second-order valence-corrected chi connectivity index (χ2v) is 7.34. The van der Waals surface area contributed by atoms with E-state index in [1.54, 1.807) is 0 Å². The van der Waals surface area contributed by atoms with Crippen molar-refractivity contribution in [2.75, 3.05) is 5.32 Å². The molecule has 1 saturated heterocycles. The first-order valence-electron chi connectivity index (χ1n) is 6.13. The van der Waals surface area contributed by atoms with Crippen LogP contribution >= 0.6 is 11.8 Å². The zero-order chi connectivity index (χ0) is 16.5. The number of sulfonamides is 1. The molecule has 1 aliphatic heterocycles. The van der Waals surface area contributed by atoms with Gasteiger partial charge >= 0.3 is 0 Å². The lowest BCUT2D eigenvalue weighted by Crippen LogP contribution is -2.35. The molecule has 2 atom stereocenters. The summed E-state index contributed by atoms with van der Waals surface area (Å²) in [6.45, 7) is 1.53. The number of hydrogen-bond donors (Lipinski definition) is 3. The number of thioether (sulfide) groups is 1. The number of anilines is 1. The average molecular weight is 343 g/mol. The summed E-state index contributed by atoms with van der Waals surface area (Å²) in [7, 11) is -3.80. The van der Waals surface area contributed by atoms with Gasteiger partial charge in [0.15, 0.2) is 0 Å². The molecule has 10 heteroatoms. The fourth-order valence-corrected chi connectivity index (χ4v) is 3.22. The summed E-state index contributed by atoms with van der Waals surface area (Å²) in [5.41, 5.74) is 0.360. The first-order valence-corrected chi connectivity index (χ1v) is 8.56. The Labute approximate surface area is 130 Å². The minimum atomic E-state index is -3.80. The van der Waals surface area contributed by atoms with Crippen LogP contribution in [0.2, 0.25) is 0 Å². The van der Waals surface area contributed by atoms with Crippen molar-refractivity contribution in [2.24, 2.45) is 11.1 Å². The maximum Gasteiger partial charge on any atom is 0.286 e. The van der Waals surface area contributed by atoms with Crippen molar-refractivity contribution in [3.05, 3.63) is 24.3 Å². The monoisotopic (exact) mass is 343 g/mol. The van der Waals surface area contributed by atoms with Crippen molar-refractivity contribution in [1.82, 2.24) is 5.32 Å². The van der Waals surface area contributed by atoms with E-state index in [-0.39, 0.29) is 4.90 Å². The molecule has 22 heavy (non-hydrogen) atoms. The van der Waals surface area contributed by atoms with E-state index in [0.29, 0.717) is 5.69 Å². The molecule has 4 N–H and O–H groups in total.